The molecule has 0 saturated carbocycles. The molecule has 1 aromatic heterocycles. The van der Waals surface area contributed by atoms with Crippen molar-refractivity contribution in [3.05, 3.63) is 45.7 Å². The third-order valence-electron chi connectivity index (χ3n) is 2.96. The number of halogens is 1. The van der Waals surface area contributed by atoms with Crippen molar-refractivity contribution in [2.75, 3.05) is 33.5 Å². The number of benzene rings is 1. The molecule has 1 heterocycles. The van der Waals surface area contributed by atoms with Gasteiger partial charge in [-0.2, -0.15) is 0 Å². The zero-order chi connectivity index (χ0) is 14.9. The first-order chi connectivity index (χ1) is 10.3. The predicted molar refractivity (Wildman–Crippen MR) is 91.9 cm³/mol. The minimum atomic E-state index is 0.653. The van der Waals surface area contributed by atoms with Gasteiger partial charge in [-0.25, -0.2) is 0 Å². The van der Waals surface area contributed by atoms with E-state index in [0.29, 0.717) is 19.8 Å². The highest BCUT2D eigenvalue weighted by Crippen LogP contribution is 2.33. The van der Waals surface area contributed by atoms with E-state index in [9.17, 15) is 0 Å². The van der Waals surface area contributed by atoms with Gasteiger partial charge in [-0.3, -0.25) is 0 Å². The van der Waals surface area contributed by atoms with E-state index in [2.05, 4.69) is 51.6 Å². The smallest absolute Gasteiger partial charge is 0.0700 e. The molecule has 1 N–H and O–H groups in total. The minimum Gasteiger partial charge on any atom is -0.382 e. The zero-order valence-corrected chi connectivity index (χ0v) is 14.5. The Morgan fingerprint density at radius 1 is 1.10 bits per heavy atom. The number of nitrogens with one attached hydrogen (secondary N) is 1. The summed E-state index contributed by atoms with van der Waals surface area (Å²) in [5.74, 6) is 0. The third-order valence-corrected chi connectivity index (χ3v) is 4.77. The molecule has 0 bridgehead atoms. The third kappa shape index (κ3) is 5.52. The van der Waals surface area contributed by atoms with Crippen LogP contribution in [0.4, 0.5) is 0 Å². The summed E-state index contributed by atoms with van der Waals surface area (Å²) < 4.78 is 11.5. The Labute approximate surface area is 138 Å². The van der Waals surface area contributed by atoms with Crippen molar-refractivity contribution in [2.45, 2.75) is 6.54 Å². The summed E-state index contributed by atoms with van der Waals surface area (Å²) in [6, 6.07) is 12.7. The largest absolute Gasteiger partial charge is 0.382 e. The van der Waals surface area contributed by atoms with E-state index in [0.717, 1.165) is 17.6 Å². The summed E-state index contributed by atoms with van der Waals surface area (Å²) in [6.45, 7) is 3.75. The molecule has 2 rings (SSSR count). The molecule has 0 saturated heterocycles. The summed E-state index contributed by atoms with van der Waals surface area (Å²) in [5, 5.41) is 3.39. The van der Waals surface area contributed by atoms with Crippen LogP contribution in [0.25, 0.3) is 10.4 Å². The van der Waals surface area contributed by atoms with Gasteiger partial charge in [-0.1, -0.05) is 34.1 Å². The van der Waals surface area contributed by atoms with E-state index in [-0.39, 0.29) is 0 Å². The maximum Gasteiger partial charge on any atom is 0.0700 e. The second-order valence-corrected chi connectivity index (χ2v) is 6.55. The summed E-state index contributed by atoms with van der Waals surface area (Å²) in [6.07, 6.45) is 0. The molecule has 0 radical (unpaired) electrons. The van der Waals surface area contributed by atoms with E-state index in [4.69, 9.17) is 9.47 Å². The molecule has 5 heteroatoms. The van der Waals surface area contributed by atoms with Crippen LogP contribution in [0.2, 0.25) is 0 Å². The number of methoxy groups -OCH3 is 1. The lowest BCUT2D eigenvalue weighted by Crippen LogP contribution is -2.19. The monoisotopic (exact) mass is 369 g/mol. The topological polar surface area (TPSA) is 30.5 Å². The van der Waals surface area contributed by atoms with E-state index in [1.807, 2.05) is 17.4 Å². The van der Waals surface area contributed by atoms with Crippen LogP contribution < -0.4 is 5.32 Å². The van der Waals surface area contributed by atoms with Crippen LogP contribution in [0, 0.1) is 0 Å². The van der Waals surface area contributed by atoms with Crippen molar-refractivity contribution in [2.24, 2.45) is 0 Å². The molecule has 0 unspecified atom stereocenters. The van der Waals surface area contributed by atoms with Gasteiger partial charge in [0.1, 0.15) is 0 Å². The van der Waals surface area contributed by atoms with Gasteiger partial charge in [0.2, 0.25) is 0 Å². The SMILES string of the molecule is COCCOCCNCc1ccc(-c2ccccc2Br)s1. The Morgan fingerprint density at radius 3 is 2.76 bits per heavy atom. The van der Waals surface area contributed by atoms with Crippen molar-refractivity contribution in [3.63, 3.8) is 0 Å². The van der Waals surface area contributed by atoms with Gasteiger partial charge in [0.25, 0.3) is 0 Å². The minimum absolute atomic E-state index is 0.653. The second-order valence-electron chi connectivity index (χ2n) is 4.53. The Morgan fingerprint density at radius 2 is 1.95 bits per heavy atom. The van der Waals surface area contributed by atoms with Crippen molar-refractivity contribution < 1.29 is 9.47 Å². The van der Waals surface area contributed by atoms with Crippen LogP contribution >= 0.6 is 27.3 Å². The Bertz CT molecular complexity index is 545. The molecule has 0 atom stereocenters. The fourth-order valence-electron chi connectivity index (χ4n) is 1.88. The number of ether oxygens (including phenoxy) is 2. The second kappa shape index (κ2) is 9.33. The number of hydrogen-bond acceptors (Lipinski definition) is 4. The average Bonchev–Trinajstić information content (AvgIpc) is 2.95. The quantitative estimate of drug-likeness (QED) is 0.679. The first kappa shape index (κ1) is 16.6. The molecule has 0 amide bonds. The van der Waals surface area contributed by atoms with Gasteiger partial charge < -0.3 is 14.8 Å². The van der Waals surface area contributed by atoms with E-state index >= 15 is 0 Å². The van der Waals surface area contributed by atoms with Gasteiger partial charge in [-0.05, 0) is 18.2 Å². The lowest BCUT2D eigenvalue weighted by Gasteiger charge is -2.04. The van der Waals surface area contributed by atoms with Gasteiger partial charge in [0.15, 0.2) is 0 Å². The summed E-state index contributed by atoms with van der Waals surface area (Å²) in [7, 11) is 1.68. The lowest BCUT2D eigenvalue weighted by atomic mass is 10.2. The van der Waals surface area contributed by atoms with Gasteiger partial charge in [-0.15, -0.1) is 11.3 Å². The first-order valence-corrected chi connectivity index (χ1v) is 8.53. The van der Waals surface area contributed by atoms with Gasteiger partial charge in [0.05, 0.1) is 19.8 Å². The Kier molecular flexibility index (Phi) is 7.39. The summed E-state index contributed by atoms with van der Waals surface area (Å²) >= 11 is 5.42. The number of thiophene rings is 1. The van der Waals surface area contributed by atoms with Crippen molar-refractivity contribution in [1.82, 2.24) is 5.32 Å². The molecule has 114 valence electrons. The predicted octanol–water partition coefficient (Wildman–Crippen LogP) is 3.93. The van der Waals surface area contributed by atoms with Crippen LogP contribution in [0.3, 0.4) is 0 Å². The van der Waals surface area contributed by atoms with E-state index < -0.39 is 0 Å². The normalized spacial score (nSPS) is 11.0. The van der Waals surface area contributed by atoms with E-state index in [1.165, 1.54) is 15.3 Å². The standard InChI is InChI=1S/C16H20BrNO2S/c1-19-10-11-20-9-8-18-12-13-6-7-16(21-13)14-4-2-3-5-15(14)17/h2-7,18H,8-12H2,1H3. The van der Waals surface area contributed by atoms with Crippen molar-refractivity contribution >= 4 is 27.3 Å². The molecular weight excluding hydrogens is 350 g/mol. The lowest BCUT2D eigenvalue weighted by molar-refractivity contribution is 0.0719. The average molecular weight is 370 g/mol. The summed E-state index contributed by atoms with van der Waals surface area (Å²) in [4.78, 5) is 2.62. The molecule has 0 fully saturated rings. The fraction of sp³-hybridized carbons (Fsp3) is 0.375. The molecule has 1 aromatic carbocycles. The highest BCUT2D eigenvalue weighted by molar-refractivity contribution is 9.10. The van der Waals surface area contributed by atoms with Crippen LogP contribution in [0.1, 0.15) is 4.88 Å². The maximum absolute atomic E-state index is 5.41. The van der Waals surface area contributed by atoms with Crippen LogP contribution in [0.15, 0.2) is 40.9 Å². The molecular formula is C16H20BrNO2S. The molecule has 21 heavy (non-hydrogen) atoms. The molecule has 2 aromatic rings. The number of hydrogen-bond donors (Lipinski definition) is 1. The summed E-state index contributed by atoms with van der Waals surface area (Å²) in [5.41, 5.74) is 1.25. The van der Waals surface area contributed by atoms with Gasteiger partial charge in [0, 0.05) is 40.0 Å². The highest BCUT2D eigenvalue weighted by Gasteiger charge is 2.05. The zero-order valence-electron chi connectivity index (χ0n) is 12.1. The maximum atomic E-state index is 5.41. The molecule has 0 aliphatic heterocycles. The van der Waals surface area contributed by atoms with Gasteiger partial charge >= 0.3 is 0 Å². The van der Waals surface area contributed by atoms with Crippen molar-refractivity contribution in [3.8, 4) is 10.4 Å². The Balaban J connectivity index is 1.75. The first-order valence-electron chi connectivity index (χ1n) is 6.92. The molecule has 0 aliphatic carbocycles. The molecule has 0 spiro atoms. The molecule has 3 nitrogen and oxygen atoms in total. The number of rotatable bonds is 9. The highest BCUT2D eigenvalue weighted by atomic mass is 79.9. The molecule has 0 aliphatic rings. The van der Waals surface area contributed by atoms with Crippen LogP contribution in [0.5, 0.6) is 0 Å². The van der Waals surface area contributed by atoms with Crippen molar-refractivity contribution in [1.29, 1.82) is 0 Å². The van der Waals surface area contributed by atoms with Crippen LogP contribution in [-0.4, -0.2) is 33.5 Å². The Hall–Kier alpha value is -0.720. The van der Waals surface area contributed by atoms with Crippen LogP contribution in [-0.2, 0) is 16.0 Å². The van der Waals surface area contributed by atoms with E-state index in [1.54, 1.807) is 7.11 Å². The fourth-order valence-corrected chi connectivity index (χ4v) is 3.53.